The maximum absolute atomic E-state index is 12.5. The number of nitrogens with zero attached hydrogens (tertiary/aromatic N) is 1. The second kappa shape index (κ2) is 7.89. The van der Waals surface area contributed by atoms with E-state index in [0.29, 0.717) is 24.4 Å². The fourth-order valence-electron chi connectivity index (χ4n) is 4.23. The molecule has 2 atom stereocenters. The number of halogens is 1. The lowest BCUT2D eigenvalue weighted by Gasteiger charge is -2.43. The number of fused-ring (bicyclic) bond motifs is 2. The highest BCUT2D eigenvalue weighted by Gasteiger charge is 2.40. The van der Waals surface area contributed by atoms with Gasteiger partial charge in [-0.25, -0.2) is 4.98 Å². The molecule has 2 fully saturated rings. The van der Waals surface area contributed by atoms with E-state index in [1.807, 2.05) is 17.5 Å². The minimum atomic E-state index is 0. The first-order valence-electron chi connectivity index (χ1n) is 8.72. The number of furan rings is 1. The molecule has 0 aromatic carbocycles. The fourth-order valence-corrected chi connectivity index (χ4v) is 5.01. The third-order valence-electron chi connectivity index (χ3n) is 5.51. The number of nitrogens with two attached hydrogens (primary N) is 1. The summed E-state index contributed by atoms with van der Waals surface area (Å²) in [4.78, 5) is 17.1. The molecule has 2 aromatic rings. The molecule has 0 saturated heterocycles. The largest absolute Gasteiger partial charge is 0.462 e. The highest BCUT2D eigenvalue weighted by atomic mass is 35.5. The highest BCUT2D eigenvalue weighted by Crippen LogP contribution is 2.41. The summed E-state index contributed by atoms with van der Waals surface area (Å²) in [6, 6.07) is 4.05. The molecule has 0 spiro atoms. The van der Waals surface area contributed by atoms with Gasteiger partial charge in [-0.15, -0.1) is 23.7 Å². The van der Waals surface area contributed by atoms with E-state index in [9.17, 15) is 4.79 Å². The van der Waals surface area contributed by atoms with Crippen LogP contribution in [-0.2, 0) is 11.3 Å². The Kier molecular flexibility index (Phi) is 5.81. The number of amides is 1. The van der Waals surface area contributed by atoms with E-state index in [4.69, 9.17) is 10.2 Å². The summed E-state index contributed by atoms with van der Waals surface area (Å²) in [5.41, 5.74) is 7.19. The van der Waals surface area contributed by atoms with Crippen LogP contribution in [0, 0.1) is 17.8 Å². The fraction of sp³-hybridized carbons (Fsp3) is 0.556. The third kappa shape index (κ3) is 3.91. The van der Waals surface area contributed by atoms with Gasteiger partial charge in [0.15, 0.2) is 10.8 Å². The number of thiazole rings is 1. The average Bonchev–Trinajstić information content (AvgIpc) is 3.23. The Balaban J connectivity index is 0.00000182. The smallest absolute Gasteiger partial charge is 0.223 e. The molecule has 1 amide bonds. The lowest BCUT2D eigenvalue weighted by Crippen LogP contribution is -2.49. The molecule has 3 N–H and O–H groups in total. The first-order valence-corrected chi connectivity index (χ1v) is 9.60. The topological polar surface area (TPSA) is 81.2 Å². The minimum Gasteiger partial charge on any atom is -0.462 e. The van der Waals surface area contributed by atoms with Crippen molar-refractivity contribution >= 4 is 29.7 Å². The standard InChI is InChI=1S/C18H23N3O2S.ClH/c19-16-11-3-1-4-12(16)8-13(7-11)17(22)20-9-14-10-24-18(21-14)15-5-2-6-23-15;/h2,5-6,10-13,16H,1,3-4,7-9,19H2,(H,20,22);1H. The van der Waals surface area contributed by atoms with E-state index in [-0.39, 0.29) is 24.2 Å². The Morgan fingerprint density at radius 3 is 2.80 bits per heavy atom. The Morgan fingerprint density at radius 2 is 2.12 bits per heavy atom. The summed E-state index contributed by atoms with van der Waals surface area (Å²) < 4.78 is 5.35. The SMILES string of the molecule is Cl.NC1C2CCCC1CC(C(=O)NCc1csc(-c3ccco3)n1)C2. The van der Waals surface area contributed by atoms with Gasteiger partial charge in [0.2, 0.25) is 5.91 Å². The van der Waals surface area contributed by atoms with Crippen molar-refractivity contribution in [2.45, 2.75) is 44.7 Å². The third-order valence-corrected chi connectivity index (χ3v) is 6.42. The molecule has 7 heteroatoms. The molecule has 2 aliphatic carbocycles. The van der Waals surface area contributed by atoms with Crippen LogP contribution < -0.4 is 11.1 Å². The maximum atomic E-state index is 12.5. The van der Waals surface area contributed by atoms with Gasteiger partial charge in [0.25, 0.3) is 0 Å². The summed E-state index contributed by atoms with van der Waals surface area (Å²) >= 11 is 1.54. The summed E-state index contributed by atoms with van der Waals surface area (Å²) in [5, 5.41) is 5.89. The van der Waals surface area contributed by atoms with E-state index >= 15 is 0 Å². The van der Waals surface area contributed by atoms with Crippen LogP contribution in [0.3, 0.4) is 0 Å². The lowest BCUT2D eigenvalue weighted by molar-refractivity contribution is -0.128. The van der Waals surface area contributed by atoms with Gasteiger partial charge in [-0.05, 0) is 49.7 Å². The Hall–Kier alpha value is -1.37. The van der Waals surface area contributed by atoms with Gasteiger partial charge in [-0.2, -0.15) is 0 Å². The van der Waals surface area contributed by atoms with Gasteiger partial charge in [-0.1, -0.05) is 6.42 Å². The van der Waals surface area contributed by atoms with Crippen molar-refractivity contribution in [3.8, 4) is 10.8 Å². The number of rotatable bonds is 4. The van der Waals surface area contributed by atoms with E-state index in [0.717, 1.165) is 29.3 Å². The molecule has 25 heavy (non-hydrogen) atoms. The average molecular weight is 382 g/mol. The van der Waals surface area contributed by atoms with Gasteiger partial charge in [0, 0.05) is 17.3 Å². The summed E-state index contributed by atoms with van der Waals surface area (Å²) in [5.74, 6) is 2.09. The van der Waals surface area contributed by atoms with Gasteiger partial charge >= 0.3 is 0 Å². The first-order chi connectivity index (χ1) is 11.7. The molecule has 4 rings (SSSR count). The van der Waals surface area contributed by atoms with Crippen LogP contribution in [0.2, 0.25) is 0 Å². The van der Waals surface area contributed by atoms with Gasteiger partial charge < -0.3 is 15.5 Å². The number of hydrogen-bond donors (Lipinski definition) is 2. The maximum Gasteiger partial charge on any atom is 0.223 e. The summed E-state index contributed by atoms with van der Waals surface area (Å²) in [6.45, 7) is 0.480. The zero-order valence-corrected chi connectivity index (χ0v) is 15.7. The molecule has 0 aliphatic heterocycles. The van der Waals surface area contributed by atoms with Crippen LogP contribution >= 0.6 is 23.7 Å². The van der Waals surface area contributed by atoms with Crippen molar-refractivity contribution in [3.63, 3.8) is 0 Å². The molecule has 2 aliphatic rings. The van der Waals surface area contributed by atoms with Crippen molar-refractivity contribution in [2.75, 3.05) is 0 Å². The Labute approximate surface area is 157 Å². The molecule has 2 saturated carbocycles. The number of aromatic nitrogens is 1. The molecule has 136 valence electrons. The van der Waals surface area contributed by atoms with Gasteiger partial charge in [0.05, 0.1) is 18.5 Å². The lowest BCUT2D eigenvalue weighted by atomic mass is 9.65. The number of carbonyl (C=O) groups excluding carboxylic acids is 1. The van der Waals surface area contributed by atoms with Crippen molar-refractivity contribution < 1.29 is 9.21 Å². The van der Waals surface area contributed by atoms with Crippen molar-refractivity contribution in [3.05, 3.63) is 29.5 Å². The molecule has 2 heterocycles. The van der Waals surface area contributed by atoms with Crippen LogP contribution in [0.15, 0.2) is 28.2 Å². The van der Waals surface area contributed by atoms with Crippen LogP contribution in [0.5, 0.6) is 0 Å². The predicted octanol–water partition coefficient (Wildman–Crippen LogP) is 3.59. The molecule has 2 bridgehead atoms. The van der Waals surface area contributed by atoms with Crippen molar-refractivity contribution in [1.82, 2.24) is 10.3 Å². The molecular weight excluding hydrogens is 358 g/mol. The van der Waals surface area contributed by atoms with E-state index in [1.54, 1.807) is 6.26 Å². The highest BCUT2D eigenvalue weighted by molar-refractivity contribution is 7.13. The number of nitrogens with one attached hydrogen (secondary N) is 1. The Morgan fingerprint density at radius 1 is 1.36 bits per heavy atom. The summed E-state index contributed by atoms with van der Waals surface area (Å²) in [6.07, 6.45) is 7.16. The number of carbonyl (C=O) groups is 1. The van der Waals surface area contributed by atoms with Crippen molar-refractivity contribution in [1.29, 1.82) is 0 Å². The monoisotopic (exact) mass is 381 g/mol. The zero-order chi connectivity index (χ0) is 16.5. The van der Waals surface area contributed by atoms with Crippen LogP contribution in [0.4, 0.5) is 0 Å². The van der Waals surface area contributed by atoms with Crippen LogP contribution in [0.25, 0.3) is 10.8 Å². The molecule has 5 nitrogen and oxygen atoms in total. The first kappa shape index (κ1) is 18.4. The molecule has 0 radical (unpaired) electrons. The van der Waals surface area contributed by atoms with Crippen LogP contribution in [-0.4, -0.2) is 16.9 Å². The van der Waals surface area contributed by atoms with E-state index in [2.05, 4.69) is 10.3 Å². The van der Waals surface area contributed by atoms with E-state index < -0.39 is 0 Å². The predicted molar refractivity (Wildman–Crippen MR) is 100 cm³/mol. The molecule has 2 unspecified atom stereocenters. The quantitative estimate of drug-likeness (QED) is 0.847. The molecular formula is C18H24ClN3O2S. The van der Waals surface area contributed by atoms with E-state index in [1.165, 1.54) is 30.6 Å². The number of hydrogen-bond acceptors (Lipinski definition) is 5. The van der Waals surface area contributed by atoms with Gasteiger partial charge in [-0.3, -0.25) is 4.79 Å². The van der Waals surface area contributed by atoms with Crippen molar-refractivity contribution in [2.24, 2.45) is 23.5 Å². The Bertz CT molecular complexity index is 689. The zero-order valence-electron chi connectivity index (χ0n) is 14.0. The second-order valence-corrected chi connectivity index (χ2v) is 7.89. The molecule has 2 aromatic heterocycles. The second-order valence-electron chi connectivity index (χ2n) is 7.04. The van der Waals surface area contributed by atoms with Crippen LogP contribution in [0.1, 0.15) is 37.8 Å². The summed E-state index contributed by atoms with van der Waals surface area (Å²) in [7, 11) is 0. The van der Waals surface area contributed by atoms with Gasteiger partial charge in [0.1, 0.15) is 0 Å². The normalized spacial score (nSPS) is 28.2. The minimum absolute atomic E-state index is 0.